The molecule has 1 atom stereocenters. The molecule has 88 valence electrons. The van der Waals surface area contributed by atoms with Gasteiger partial charge < -0.3 is 15.5 Å². The minimum absolute atomic E-state index is 0.459. The van der Waals surface area contributed by atoms with Gasteiger partial charge in [-0.25, -0.2) is 0 Å². The third-order valence-electron chi connectivity index (χ3n) is 3.10. The van der Waals surface area contributed by atoms with Crippen molar-refractivity contribution in [3.63, 3.8) is 0 Å². The van der Waals surface area contributed by atoms with Gasteiger partial charge in [-0.05, 0) is 20.0 Å². The summed E-state index contributed by atoms with van der Waals surface area (Å²) in [5.74, 6) is 0.950. The van der Waals surface area contributed by atoms with Crippen molar-refractivity contribution in [1.82, 2.24) is 15.1 Å². The summed E-state index contributed by atoms with van der Waals surface area (Å²) in [5, 5.41) is 8.19. The van der Waals surface area contributed by atoms with Crippen molar-refractivity contribution in [2.75, 3.05) is 31.6 Å². The number of nitrogens with two attached hydrogens (primary N) is 1. The summed E-state index contributed by atoms with van der Waals surface area (Å²) < 4.78 is 0. The number of aromatic nitrogens is 2. The van der Waals surface area contributed by atoms with Gasteiger partial charge in [-0.3, -0.25) is 0 Å². The number of hydrogen-bond acceptors (Lipinski definition) is 5. The molecule has 0 aliphatic carbocycles. The second-order valence-corrected chi connectivity index (χ2v) is 4.39. The fraction of sp³-hybridized carbons (Fsp3) is 0.636. The first-order chi connectivity index (χ1) is 7.72. The van der Waals surface area contributed by atoms with Crippen molar-refractivity contribution in [3.05, 3.63) is 17.8 Å². The van der Waals surface area contributed by atoms with E-state index in [-0.39, 0.29) is 0 Å². The van der Waals surface area contributed by atoms with E-state index in [2.05, 4.69) is 34.0 Å². The summed E-state index contributed by atoms with van der Waals surface area (Å²) >= 11 is 0. The number of rotatable bonds is 2. The Kier molecular flexibility index (Phi) is 3.36. The van der Waals surface area contributed by atoms with Crippen LogP contribution in [-0.4, -0.2) is 47.8 Å². The quantitative estimate of drug-likeness (QED) is 0.766. The molecular formula is C11H19N5. The zero-order valence-corrected chi connectivity index (χ0v) is 9.93. The summed E-state index contributed by atoms with van der Waals surface area (Å²) in [6.45, 7) is 5.84. The molecule has 1 aliphatic rings. The van der Waals surface area contributed by atoms with Crippen LogP contribution >= 0.6 is 0 Å². The van der Waals surface area contributed by atoms with Gasteiger partial charge in [0, 0.05) is 37.8 Å². The van der Waals surface area contributed by atoms with E-state index < -0.39 is 0 Å². The molecule has 0 amide bonds. The van der Waals surface area contributed by atoms with Gasteiger partial charge in [0.25, 0.3) is 0 Å². The fourth-order valence-corrected chi connectivity index (χ4v) is 2.21. The summed E-state index contributed by atoms with van der Waals surface area (Å²) in [7, 11) is 2.15. The molecular weight excluding hydrogens is 202 g/mol. The molecule has 5 heteroatoms. The third-order valence-corrected chi connectivity index (χ3v) is 3.10. The van der Waals surface area contributed by atoms with E-state index in [1.165, 1.54) is 0 Å². The van der Waals surface area contributed by atoms with E-state index in [1.54, 1.807) is 6.20 Å². The van der Waals surface area contributed by atoms with Crippen LogP contribution < -0.4 is 10.6 Å². The van der Waals surface area contributed by atoms with Crippen LogP contribution in [0.15, 0.2) is 12.3 Å². The maximum atomic E-state index is 5.73. The first-order valence-corrected chi connectivity index (χ1v) is 5.68. The molecule has 1 fully saturated rings. The normalized spacial score (nSPS) is 22.4. The monoisotopic (exact) mass is 221 g/mol. The Balaban J connectivity index is 2.23. The standard InChI is InChI=1S/C11H19N5/c1-9-8-15(2)5-6-16(9)11-10(7-12)3-4-13-14-11/h3-4,9H,5-8,12H2,1-2H3. The zero-order valence-electron chi connectivity index (χ0n) is 9.93. The molecule has 1 saturated heterocycles. The predicted molar refractivity (Wildman–Crippen MR) is 64.2 cm³/mol. The van der Waals surface area contributed by atoms with Gasteiger partial charge in [-0.15, -0.1) is 5.10 Å². The zero-order chi connectivity index (χ0) is 11.5. The Bertz CT molecular complexity index is 354. The lowest BCUT2D eigenvalue weighted by Gasteiger charge is -2.39. The van der Waals surface area contributed by atoms with Crippen molar-refractivity contribution in [2.45, 2.75) is 19.5 Å². The Labute approximate surface area is 96.2 Å². The average Bonchev–Trinajstić information content (AvgIpc) is 2.29. The maximum Gasteiger partial charge on any atom is 0.156 e. The van der Waals surface area contributed by atoms with Gasteiger partial charge in [0.1, 0.15) is 0 Å². The van der Waals surface area contributed by atoms with E-state index in [9.17, 15) is 0 Å². The van der Waals surface area contributed by atoms with Crippen molar-refractivity contribution in [3.8, 4) is 0 Å². The highest BCUT2D eigenvalue weighted by molar-refractivity contribution is 5.47. The molecule has 16 heavy (non-hydrogen) atoms. The second kappa shape index (κ2) is 4.76. The molecule has 2 rings (SSSR count). The molecule has 5 nitrogen and oxygen atoms in total. The number of anilines is 1. The smallest absolute Gasteiger partial charge is 0.156 e. The molecule has 0 radical (unpaired) electrons. The number of piperazine rings is 1. The van der Waals surface area contributed by atoms with Gasteiger partial charge >= 0.3 is 0 Å². The van der Waals surface area contributed by atoms with Crippen LogP contribution in [0.2, 0.25) is 0 Å². The Hall–Kier alpha value is -1.20. The van der Waals surface area contributed by atoms with E-state index in [4.69, 9.17) is 5.73 Å². The Morgan fingerprint density at radius 3 is 3.00 bits per heavy atom. The maximum absolute atomic E-state index is 5.73. The van der Waals surface area contributed by atoms with E-state index in [1.807, 2.05) is 6.07 Å². The van der Waals surface area contributed by atoms with Gasteiger partial charge in [0.15, 0.2) is 5.82 Å². The third kappa shape index (κ3) is 2.15. The highest BCUT2D eigenvalue weighted by Gasteiger charge is 2.24. The van der Waals surface area contributed by atoms with Crippen LogP contribution in [0, 0.1) is 0 Å². The van der Waals surface area contributed by atoms with Crippen LogP contribution in [-0.2, 0) is 6.54 Å². The van der Waals surface area contributed by atoms with E-state index in [0.717, 1.165) is 31.0 Å². The van der Waals surface area contributed by atoms with E-state index >= 15 is 0 Å². The van der Waals surface area contributed by atoms with Gasteiger partial charge in [-0.2, -0.15) is 5.10 Å². The number of likely N-dealkylation sites (N-methyl/N-ethyl adjacent to an activating group) is 1. The molecule has 1 unspecified atom stereocenters. The van der Waals surface area contributed by atoms with Crippen LogP contribution in [0.5, 0.6) is 0 Å². The topological polar surface area (TPSA) is 58.3 Å². The van der Waals surface area contributed by atoms with Crippen LogP contribution in [0.4, 0.5) is 5.82 Å². The van der Waals surface area contributed by atoms with Crippen LogP contribution in [0.1, 0.15) is 12.5 Å². The first kappa shape index (κ1) is 11.3. The molecule has 0 saturated carbocycles. The molecule has 1 aromatic heterocycles. The SMILES string of the molecule is CC1CN(C)CCN1c1nnccc1CN. The molecule has 2 heterocycles. The summed E-state index contributed by atoms with van der Waals surface area (Å²) in [4.78, 5) is 4.63. The molecule has 1 aromatic rings. The average molecular weight is 221 g/mol. The molecule has 0 spiro atoms. The van der Waals surface area contributed by atoms with Crippen molar-refractivity contribution < 1.29 is 0 Å². The largest absolute Gasteiger partial charge is 0.350 e. The highest BCUT2D eigenvalue weighted by atomic mass is 15.3. The molecule has 0 bridgehead atoms. The highest BCUT2D eigenvalue weighted by Crippen LogP contribution is 2.20. The van der Waals surface area contributed by atoms with Crippen LogP contribution in [0.25, 0.3) is 0 Å². The summed E-state index contributed by atoms with van der Waals surface area (Å²) in [5.41, 5.74) is 6.80. The van der Waals surface area contributed by atoms with Crippen molar-refractivity contribution in [2.24, 2.45) is 5.73 Å². The molecule has 1 aliphatic heterocycles. The van der Waals surface area contributed by atoms with Gasteiger partial charge in [0.05, 0.1) is 6.20 Å². The Morgan fingerprint density at radius 1 is 1.50 bits per heavy atom. The van der Waals surface area contributed by atoms with Gasteiger partial charge in [0.2, 0.25) is 0 Å². The van der Waals surface area contributed by atoms with Gasteiger partial charge in [-0.1, -0.05) is 0 Å². The minimum Gasteiger partial charge on any atom is -0.350 e. The first-order valence-electron chi connectivity index (χ1n) is 5.68. The predicted octanol–water partition coefficient (Wildman–Crippen LogP) is 0.0756. The lowest BCUT2D eigenvalue weighted by molar-refractivity contribution is 0.274. The number of hydrogen-bond donors (Lipinski definition) is 1. The summed E-state index contributed by atoms with van der Waals surface area (Å²) in [6.07, 6.45) is 1.70. The lowest BCUT2D eigenvalue weighted by atomic mass is 10.1. The number of nitrogens with zero attached hydrogens (tertiary/aromatic N) is 4. The Morgan fingerprint density at radius 2 is 2.31 bits per heavy atom. The van der Waals surface area contributed by atoms with Crippen molar-refractivity contribution in [1.29, 1.82) is 0 Å². The van der Waals surface area contributed by atoms with E-state index in [0.29, 0.717) is 12.6 Å². The van der Waals surface area contributed by atoms with Crippen LogP contribution in [0.3, 0.4) is 0 Å². The molecule has 2 N–H and O–H groups in total. The lowest BCUT2D eigenvalue weighted by Crippen LogP contribution is -2.51. The molecule has 0 aromatic carbocycles. The summed E-state index contributed by atoms with van der Waals surface area (Å²) in [6, 6.07) is 2.41. The second-order valence-electron chi connectivity index (χ2n) is 4.39. The van der Waals surface area contributed by atoms with Crippen molar-refractivity contribution >= 4 is 5.82 Å². The minimum atomic E-state index is 0.459. The fourth-order valence-electron chi connectivity index (χ4n) is 2.21.